The molecule has 0 amide bonds. The van der Waals surface area contributed by atoms with E-state index in [4.69, 9.17) is 19.5 Å². The lowest BCUT2D eigenvalue weighted by atomic mass is 10.2. The number of ether oxygens (including phenoxy) is 3. The third-order valence-corrected chi connectivity index (χ3v) is 4.03. The standard InChI is InChI=1S/C21H21N3O3/c1-15(27-20-8-7-17(13-22)11-21(20)25-3)14-26-19-6-4-5-18(12-19)24-10-9-23-16(24)2/h4-12,15H,14H2,1-3H3/t15-/m0/s1. The maximum atomic E-state index is 8.98. The monoisotopic (exact) mass is 363 g/mol. The minimum atomic E-state index is -0.203. The molecule has 0 saturated carbocycles. The van der Waals surface area contributed by atoms with Crippen molar-refractivity contribution in [3.63, 3.8) is 0 Å². The lowest BCUT2D eigenvalue weighted by Crippen LogP contribution is -2.21. The number of benzene rings is 2. The minimum Gasteiger partial charge on any atom is -0.493 e. The lowest BCUT2D eigenvalue weighted by Gasteiger charge is -2.18. The third kappa shape index (κ3) is 4.39. The van der Waals surface area contributed by atoms with Gasteiger partial charge in [0.1, 0.15) is 24.3 Å². The summed E-state index contributed by atoms with van der Waals surface area (Å²) in [5, 5.41) is 8.98. The van der Waals surface area contributed by atoms with Gasteiger partial charge in [0.25, 0.3) is 0 Å². The van der Waals surface area contributed by atoms with E-state index in [1.807, 2.05) is 48.9 Å². The number of hydrogen-bond donors (Lipinski definition) is 0. The summed E-state index contributed by atoms with van der Waals surface area (Å²) in [7, 11) is 1.55. The van der Waals surface area contributed by atoms with Crippen molar-refractivity contribution < 1.29 is 14.2 Å². The Bertz CT molecular complexity index is 959. The average Bonchev–Trinajstić information content (AvgIpc) is 3.13. The van der Waals surface area contributed by atoms with Crippen molar-refractivity contribution in [1.82, 2.24) is 9.55 Å². The van der Waals surface area contributed by atoms with E-state index in [0.717, 1.165) is 17.3 Å². The van der Waals surface area contributed by atoms with Gasteiger partial charge in [-0.1, -0.05) is 6.07 Å². The zero-order chi connectivity index (χ0) is 19.2. The smallest absolute Gasteiger partial charge is 0.162 e. The van der Waals surface area contributed by atoms with Gasteiger partial charge >= 0.3 is 0 Å². The summed E-state index contributed by atoms with van der Waals surface area (Å²) in [6, 6.07) is 15.0. The zero-order valence-electron chi connectivity index (χ0n) is 15.5. The maximum absolute atomic E-state index is 8.98. The molecular formula is C21H21N3O3. The molecule has 0 N–H and O–H groups in total. The van der Waals surface area contributed by atoms with Crippen molar-refractivity contribution in [2.24, 2.45) is 0 Å². The molecule has 3 rings (SSSR count). The topological polar surface area (TPSA) is 69.3 Å². The predicted octanol–water partition coefficient (Wildman–Crippen LogP) is 3.91. The Labute approximate surface area is 158 Å². The first-order valence-electron chi connectivity index (χ1n) is 8.58. The van der Waals surface area contributed by atoms with Crippen LogP contribution < -0.4 is 14.2 Å². The van der Waals surface area contributed by atoms with Gasteiger partial charge in [-0.05, 0) is 38.1 Å². The molecular weight excluding hydrogens is 342 g/mol. The average molecular weight is 363 g/mol. The van der Waals surface area contributed by atoms with Gasteiger partial charge in [0.15, 0.2) is 11.5 Å². The van der Waals surface area contributed by atoms with Crippen molar-refractivity contribution in [2.75, 3.05) is 13.7 Å². The van der Waals surface area contributed by atoms with Crippen molar-refractivity contribution in [3.8, 4) is 29.0 Å². The summed E-state index contributed by atoms with van der Waals surface area (Å²) in [4.78, 5) is 4.24. The van der Waals surface area contributed by atoms with Crippen LogP contribution in [0.5, 0.6) is 17.2 Å². The number of imidazole rings is 1. The van der Waals surface area contributed by atoms with Crippen LogP contribution >= 0.6 is 0 Å². The Morgan fingerprint density at radius 3 is 2.74 bits per heavy atom. The molecule has 0 spiro atoms. The second-order valence-electron chi connectivity index (χ2n) is 6.06. The van der Waals surface area contributed by atoms with E-state index in [-0.39, 0.29) is 6.10 Å². The second-order valence-corrected chi connectivity index (χ2v) is 6.06. The van der Waals surface area contributed by atoms with E-state index < -0.39 is 0 Å². The molecule has 27 heavy (non-hydrogen) atoms. The number of aromatic nitrogens is 2. The highest BCUT2D eigenvalue weighted by atomic mass is 16.5. The van der Waals surface area contributed by atoms with Gasteiger partial charge in [-0.2, -0.15) is 5.26 Å². The molecule has 1 aromatic heterocycles. The molecule has 138 valence electrons. The number of hydrogen-bond acceptors (Lipinski definition) is 5. The molecule has 1 heterocycles. The molecule has 0 radical (unpaired) electrons. The van der Waals surface area contributed by atoms with E-state index in [2.05, 4.69) is 11.1 Å². The summed E-state index contributed by atoms with van der Waals surface area (Å²) in [6.45, 7) is 4.24. The Kier molecular flexibility index (Phi) is 5.62. The molecule has 0 unspecified atom stereocenters. The van der Waals surface area contributed by atoms with Gasteiger partial charge in [-0.25, -0.2) is 4.98 Å². The molecule has 0 fully saturated rings. The highest BCUT2D eigenvalue weighted by Gasteiger charge is 2.11. The van der Waals surface area contributed by atoms with Crippen LogP contribution in [0.25, 0.3) is 5.69 Å². The van der Waals surface area contributed by atoms with E-state index in [1.165, 1.54) is 0 Å². The second kappa shape index (κ2) is 8.28. The maximum Gasteiger partial charge on any atom is 0.162 e. The first kappa shape index (κ1) is 18.3. The van der Waals surface area contributed by atoms with Gasteiger partial charge in [0.05, 0.1) is 24.4 Å². The Hall–Kier alpha value is -3.46. The number of rotatable bonds is 7. The Morgan fingerprint density at radius 1 is 1.19 bits per heavy atom. The molecule has 2 aromatic carbocycles. The largest absolute Gasteiger partial charge is 0.493 e. The molecule has 6 nitrogen and oxygen atoms in total. The van der Waals surface area contributed by atoms with Gasteiger partial charge in [0.2, 0.25) is 0 Å². The van der Waals surface area contributed by atoms with Crippen molar-refractivity contribution in [3.05, 3.63) is 66.2 Å². The molecule has 1 atom stereocenters. The molecule has 0 aliphatic carbocycles. The molecule has 0 bridgehead atoms. The fourth-order valence-corrected chi connectivity index (χ4v) is 2.67. The van der Waals surface area contributed by atoms with E-state index in [0.29, 0.717) is 23.7 Å². The van der Waals surface area contributed by atoms with Crippen LogP contribution in [0.3, 0.4) is 0 Å². The van der Waals surface area contributed by atoms with Crippen LogP contribution in [0.15, 0.2) is 54.9 Å². The normalized spacial score (nSPS) is 11.5. The van der Waals surface area contributed by atoms with E-state index in [1.54, 1.807) is 31.5 Å². The molecule has 3 aromatic rings. The predicted molar refractivity (Wildman–Crippen MR) is 102 cm³/mol. The fraction of sp³-hybridized carbons (Fsp3) is 0.238. The number of nitrogens with zero attached hydrogens (tertiary/aromatic N) is 3. The van der Waals surface area contributed by atoms with Crippen LogP contribution in [-0.4, -0.2) is 29.4 Å². The van der Waals surface area contributed by atoms with Crippen LogP contribution in [-0.2, 0) is 0 Å². The number of aryl methyl sites for hydroxylation is 1. The number of methoxy groups -OCH3 is 1. The SMILES string of the molecule is COc1cc(C#N)ccc1O[C@@H](C)COc1cccc(-n2ccnc2C)c1. The molecule has 0 aliphatic heterocycles. The Morgan fingerprint density at radius 2 is 2.04 bits per heavy atom. The zero-order valence-corrected chi connectivity index (χ0v) is 15.5. The lowest BCUT2D eigenvalue weighted by molar-refractivity contribution is 0.139. The minimum absolute atomic E-state index is 0.203. The van der Waals surface area contributed by atoms with Crippen molar-refractivity contribution >= 4 is 0 Å². The van der Waals surface area contributed by atoms with Crippen molar-refractivity contribution in [1.29, 1.82) is 5.26 Å². The summed E-state index contributed by atoms with van der Waals surface area (Å²) < 4.78 is 19.1. The van der Waals surface area contributed by atoms with Crippen LogP contribution in [0.1, 0.15) is 18.3 Å². The number of nitriles is 1. The summed E-state index contributed by atoms with van der Waals surface area (Å²) in [5.74, 6) is 2.77. The Balaban J connectivity index is 1.64. The van der Waals surface area contributed by atoms with E-state index >= 15 is 0 Å². The molecule has 6 heteroatoms. The summed E-state index contributed by atoms with van der Waals surface area (Å²) in [6.07, 6.45) is 3.48. The van der Waals surface area contributed by atoms with Crippen LogP contribution in [0, 0.1) is 18.3 Å². The highest BCUT2D eigenvalue weighted by molar-refractivity contribution is 5.46. The quantitative estimate of drug-likeness (QED) is 0.637. The fourth-order valence-electron chi connectivity index (χ4n) is 2.67. The third-order valence-electron chi connectivity index (χ3n) is 4.03. The van der Waals surface area contributed by atoms with Gasteiger partial charge in [0, 0.05) is 24.5 Å². The molecule has 0 saturated heterocycles. The van der Waals surface area contributed by atoms with E-state index in [9.17, 15) is 0 Å². The first-order valence-corrected chi connectivity index (χ1v) is 8.58. The molecule has 0 aliphatic rings. The first-order chi connectivity index (χ1) is 13.1. The summed E-state index contributed by atoms with van der Waals surface area (Å²) >= 11 is 0. The van der Waals surface area contributed by atoms with Crippen LogP contribution in [0.2, 0.25) is 0 Å². The highest BCUT2D eigenvalue weighted by Crippen LogP contribution is 2.29. The van der Waals surface area contributed by atoms with Crippen LogP contribution in [0.4, 0.5) is 0 Å². The van der Waals surface area contributed by atoms with Crippen molar-refractivity contribution in [2.45, 2.75) is 20.0 Å². The summed E-state index contributed by atoms with van der Waals surface area (Å²) in [5.41, 5.74) is 1.51. The van der Waals surface area contributed by atoms with Gasteiger partial charge in [-0.3, -0.25) is 0 Å². The van der Waals surface area contributed by atoms with Gasteiger partial charge < -0.3 is 18.8 Å². The van der Waals surface area contributed by atoms with Gasteiger partial charge in [-0.15, -0.1) is 0 Å².